The number of hydrogen-bond donors (Lipinski definition) is 2. The predicted molar refractivity (Wildman–Crippen MR) is 100 cm³/mol. The third-order valence-corrected chi connectivity index (χ3v) is 5.09. The Morgan fingerprint density at radius 3 is 2.88 bits per heavy atom. The molecule has 2 aromatic heterocycles. The van der Waals surface area contributed by atoms with E-state index in [4.69, 9.17) is 0 Å². The molecule has 0 amide bonds. The van der Waals surface area contributed by atoms with Gasteiger partial charge in [-0.2, -0.15) is 0 Å². The Labute approximate surface area is 153 Å². The number of aromatic nitrogens is 4. The minimum absolute atomic E-state index is 0.209. The average molecular weight is 357 g/mol. The lowest BCUT2D eigenvalue weighted by molar-refractivity contribution is 0.194. The van der Waals surface area contributed by atoms with Gasteiger partial charge >= 0.3 is 0 Å². The average Bonchev–Trinajstić information content (AvgIpc) is 3.26. The molecule has 1 saturated heterocycles. The summed E-state index contributed by atoms with van der Waals surface area (Å²) in [5.41, 5.74) is 1.07. The van der Waals surface area contributed by atoms with Crippen LogP contribution in [0.1, 0.15) is 31.0 Å². The maximum absolute atomic E-state index is 10.2. The molecular formula is C18H27N7O. The Hall–Kier alpha value is -2.19. The van der Waals surface area contributed by atoms with Gasteiger partial charge in [0.1, 0.15) is 18.0 Å². The number of aliphatic hydroxyl groups is 1. The molecule has 1 aliphatic carbocycles. The van der Waals surface area contributed by atoms with E-state index in [1.807, 2.05) is 31.4 Å². The Balaban J connectivity index is 1.37. The third-order valence-electron chi connectivity index (χ3n) is 5.09. The van der Waals surface area contributed by atoms with Crippen LogP contribution < -0.4 is 15.1 Å². The van der Waals surface area contributed by atoms with Gasteiger partial charge in [0.05, 0.1) is 18.1 Å². The van der Waals surface area contributed by atoms with E-state index in [-0.39, 0.29) is 12.1 Å². The summed E-state index contributed by atoms with van der Waals surface area (Å²) in [5, 5.41) is 13.7. The van der Waals surface area contributed by atoms with Crippen LogP contribution in [0.25, 0.3) is 0 Å². The topological polar surface area (TPSA) is 82.3 Å². The monoisotopic (exact) mass is 357 g/mol. The van der Waals surface area contributed by atoms with Crippen LogP contribution in [0.15, 0.2) is 24.9 Å². The van der Waals surface area contributed by atoms with E-state index in [9.17, 15) is 5.11 Å². The van der Waals surface area contributed by atoms with Crippen molar-refractivity contribution < 1.29 is 5.11 Å². The number of β-amino-alcohol motifs (C(OH)–C–C–N with tert-alkyl or cyclic N) is 1. The van der Waals surface area contributed by atoms with Crippen LogP contribution in [0, 0.1) is 0 Å². The van der Waals surface area contributed by atoms with E-state index >= 15 is 0 Å². The zero-order chi connectivity index (χ0) is 18.1. The molecule has 8 heteroatoms. The van der Waals surface area contributed by atoms with E-state index < -0.39 is 0 Å². The van der Waals surface area contributed by atoms with Crippen molar-refractivity contribution in [3.05, 3.63) is 30.6 Å². The molecule has 1 aliphatic heterocycles. The maximum atomic E-state index is 10.2. The fourth-order valence-electron chi connectivity index (χ4n) is 3.51. The van der Waals surface area contributed by atoms with Crippen molar-refractivity contribution in [3.63, 3.8) is 0 Å². The lowest BCUT2D eigenvalue weighted by Gasteiger charge is -2.26. The van der Waals surface area contributed by atoms with Gasteiger partial charge in [0.2, 0.25) is 0 Å². The van der Waals surface area contributed by atoms with Crippen LogP contribution in [-0.4, -0.2) is 64.0 Å². The second kappa shape index (κ2) is 7.20. The smallest absolute Gasteiger partial charge is 0.134 e. The summed E-state index contributed by atoms with van der Waals surface area (Å²) in [4.78, 5) is 17.3. The SMILES string of the molecule is CN(C)c1cc(N2C[C@H](O)C[C@@H]2CNCc2cn(C3CC3)cn2)ncn1. The maximum Gasteiger partial charge on any atom is 0.134 e. The first-order chi connectivity index (χ1) is 12.6. The summed E-state index contributed by atoms with van der Waals surface area (Å²) >= 11 is 0. The summed E-state index contributed by atoms with van der Waals surface area (Å²) in [6, 6.07) is 2.85. The zero-order valence-corrected chi connectivity index (χ0v) is 15.4. The lowest BCUT2D eigenvalue weighted by Crippen LogP contribution is -2.38. The Morgan fingerprint density at radius 2 is 2.12 bits per heavy atom. The van der Waals surface area contributed by atoms with Crippen LogP contribution in [0.5, 0.6) is 0 Å². The van der Waals surface area contributed by atoms with E-state index in [0.717, 1.165) is 36.8 Å². The van der Waals surface area contributed by atoms with Gasteiger partial charge < -0.3 is 24.8 Å². The molecule has 4 rings (SSSR count). The molecule has 0 unspecified atom stereocenters. The zero-order valence-electron chi connectivity index (χ0n) is 15.4. The minimum atomic E-state index is -0.325. The van der Waals surface area contributed by atoms with Crippen molar-refractivity contribution in [2.45, 2.75) is 44.0 Å². The van der Waals surface area contributed by atoms with Crippen LogP contribution in [0.4, 0.5) is 11.6 Å². The molecule has 2 fully saturated rings. The highest BCUT2D eigenvalue weighted by Crippen LogP contribution is 2.34. The van der Waals surface area contributed by atoms with Crippen molar-refractivity contribution >= 4 is 11.6 Å². The standard InChI is InChI=1S/C18H27N7O/c1-23(2)17-6-18(21-11-20-17)25-10-16(26)5-15(25)8-19-7-13-9-24(12-22-13)14-3-4-14/h6,9,11-12,14-16,19,26H,3-5,7-8,10H2,1-2H3/t15-,16-/m1/s1. The second-order valence-electron chi connectivity index (χ2n) is 7.50. The van der Waals surface area contributed by atoms with E-state index in [1.165, 1.54) is 12.8 Å². The van der Waals surface area contributed by atoms with Crippen molar-refractivity contribution in [1.29, 1.82) is 0 Å². The van der Waals surface area contributed by atoms with Crippen LogP contribution in [0.2, 0.25) is 0 Å². The summed E-state index contributed by atoms with van der Waals surface area (Å²) < 4.78 is 2.21. The predicted octanol–water partition coefficient (Wildman–Crippen LogP) is 0.803. The molecule has 8 nitrogen and oxygen atoms in total. The molecule has 0 bridgehead atoms. The minimum Gasteiger partial charge on any atom is -0.391 e. The normalized spacial score (nSPS) is 22.8. The van der Waals surface area contributed by atoms with Crippen LogP contribution >= 0.6 is 0 Å². The molecule has 26 heavy (non-hydrogen) atoms. The lowest BCUT2D eigenvalue weighted by atomic mass is 10.2. The number of hydrogen-bond acceptors (Lipinski definition) is 7. The molecule has 2 atom stereocenters. The summed E-state index contributed by atoms with van der Waals surface area (Å²) in [6.07, 6.45) is 8.62. The molecule has 2 aliphatic rings. The number of aliphatic hydroxyl groups excluding tert-OH is 1. The largest absolute Gasteiger partial charge is 0.391 e. The van der Waals surface area contributed by atoms with Gasteiger partial charge in [0, 0.05) is 58.1 Å². The van der Waals surface area contributed by atoms with Gasteiger partial charge in [-0.1, -0.05) is 0 Å². The number of anilines is 2. The third kappa shape index (κ3) is 3.81. The molecule has 0 radical (unpaired) electrons. The van der Waals surface area contributed by atoms with Gasteiger partial charge in [-0.05, 0) is 19.3 Å². The molecule has 0 aromatic carbocycles. The van der Waals surface area contributed by atoms with Gasteiger partial charge in [0.15, 0.2) is 0 Å². The van der Waals surface area contributed by atoms with E-state index in [1.54, 1.807) is 6.33 Å². The number of nitrogens with zero attached hydrogens (tertiary/aromatic N) is 6. The molecule has 3 heterocycles. The Kier molecular flexibility index (Phi) is 4.78. The van der Waals surface area contributed by atoms with Gasteiger partial charge in [0.25, 0.3) is 0 Å². The van der Waals surface area contributed by atoms with Gasteiger partial charge in [-0.15, -0.1) is 0 Å². The van der Waals surface area contributed by atoms with Crippen molar-refractivity contribution in [2.75, 3.05) is 37.0 Å². The van der Waals surface area contributed by atoms with Crippen LogP contribution in [-0.2, 0) is 6.54 Å². The molecule has 2 aromatic rings. The first kappa shape index (κ1) is 17.2. The highest BCUT2D eigenvalue weighted by atomic mass is 16.3. The van der Waals surface area contributed by atoms with Crippen molar-refractivity contribution in [1.82, 2.24) is 24.8 Å². The van der Waals surface area contributed by atoms with Crippen molar-refractivity contribution in [3.8, 4) is 0 Å². The second-order valence-corrected chi connectivity index (χ2v) is 7.50. The highest BCUT2D eigenvalue weighted by molar-refractivity contribution is 5.51. The van der Waals surface area contributed by atoms with Gasteiger partial charge in [-0.25, -0.2) is 15.0 Å². The Bertz CT molecular complexity index is 743. The summed E-state index contributed by atoms with van der Waals surface area (Å²) in [5.74, 6) is 1.73. The molecule has 2 N–H and O–H groups in total. The number of nitrogens with one attached hydrogen (secondary N) is 1. The number of imidazole rings is 1. The fraction of sp³-hybridized carbons (Fsp3) is 0.611. The van der Waals surface area contributed by atoms with Crippen LogP contribution in [0.3, 0.4) is 0 Å². The summed E-state index contributed by atoms with van der Waals surface area (Å²) in [6.45, 7) is 2.13. The van der Waals surface area contributed by atoms with Gasteiger partial charge in [-0.3, -0.25) is 0 Å². The summed E-state index contributed by atoms with van der Waals surface area (Å²) in [7, 11) is 3.93. The molecule has 0 spiro atoms. The highest BCUT2D eigenvalue weighted by Gasteiger charge is 2.32. The first-order valence-corrected chi connectivity index (χ1v) is 9.27. The quantitative estimate of drug-likeness (QED) is 0.758. The molecule has 140 valence electrons. The Morgan fingerprint density at radius 1 is 1.27 bits per heavy atom. The fourth-order valence-corrected chi connectivity index (χ4v) is 3.51. The van der Waals surface area contributed by atoms with E-state index in [0.29, 0.717) is 12.6 Å². The first-order valence-electron chi connectivity index (χ1n) is 9.27. The molecule has 1 saturated carbocycles. The molecular weight excluding hydrogens is 330 g/mol. The van der Waals surface area contributed by atoms with E-state index in [2.05, 4.69) is 35.9 Å². The number of rotatable bonds is 7. The van der Waals surface area contributed by atoms with Crippen molar-refractivity contribution in [2.24, 2.45) is 0 Å².